The summed E-state index contributed by atoms with van der Waals surface area (Å²) >= 11 is 0. The number of hydrogen-bond donors (Lipinski definition) is 3. The molecule has 1 aromatic rings. The maximum atomic E-state index is 12.7. The van der Waals surface area contributed by atoms with Gasteiger partial charge in [-0.2, -0.15) is 0 Å². The summed E-state index contributed by atoms with van der Waals surface area (Å²) in [5, 5.41) is 13.3. The first kappa shape index (κ1) is 24.5. The highest BCUT2D eigenvalue weighted by molar-refractivity contribution is 5.93. The second-order valence-corrected chi connectivity index (χ2v) is 9.28. The van der Waals surface area contributed by atoms with Gasteiger partial charge in [0.2, 0.25) is 5.91 Å². The number of nitrogens with one attached hydrogen (secondary N) is 2. The average Bonchev–Trinajstić information content (AvgIpc) is 2.79. The number of hydrogen-bond acceptors (Lipinski definition) is 5. The van der Waals surface area contributed by atoms with E-state index in [0.717, 1.165) is 57.4 Å². The Hall–Kier alpha value is -2.19. The number of amides is 2. The van der Waals surface area contributed by atoms with Crippen molar-refractivity contribution in [3.8, 4) is 0 Å². The molecule has 1 aliphatic carbocycles. The standard InChI is InChI=1S/C24H38N4O4/c1-3-28(4-2)23(31)18-9-8-14-27(15-18)16-19-10-11-20(22(30)26-19)21(29)25-17-24(32)12-6-5-7-13-24/h10-11,18,32H,3-9,12-17H2,1-2H3,(H,25,29)(H,26,30)/t18-/m1/s1. The van der Waals surface area contributed by atoms with Crippen LogP contribution < -0.4 is 10.9 Å². The fourth-order valence-electron chi connectivity index (χ4n) is 4.95. The van der Waals surface area contributed by atoms with Gasteiger partial charge in [0.1, 0.15) is 5.56 Å². The van der Waals surface area contributed by atoms with Gasteiger partial charge in [0.25, 0.3) is 11.5 Å². The van der Waals surface area contributed by atoms with Crippen molar-refractivity contribution in [2.24, 2.45) is 5.92 Å². The summed E-state index contributed by atoms with van der Waals surface area (Å²) < 4.78 is 0. The highest BCUT2D eigenvalue weighted by Gasteiger charge is 2.30. The van der Waals surface area contributed by atoms with Gasteiger partial charge in [-0.1, -0.05) is 19.3 Å². The molecule has 1 aliphatic heterocycles. The molecule has 2 heterocycles. The summed E-state index contributed by atoms with van der Waals surface area (Å²) in [6, 6.07) is 3.32. The number of nitrogens with zero attached hydrogens (tertiary/aromatic N) is 2. The fourth-order valence-corrected chi connectivity index (χ4v) is 4.95. The molecule has 32 heavy (non-hydrogen) atoms. The summed E-state index contributed by atoms with van der Waals surface area (Å²) in [6.07, 6.45) is 6.23. The third-order valence-corrected chi connectivity index (χ3v) is 6.90. The number of carbonyl (C=O) groups excluding carboxylic acids is 2. The minimum absolute atomic E-state index is 0.00832. The number of aromatic nitrogens is 1. The third-order valence-electron chi connectivity index (χ3n) is 6.90. The number of aromatic amines is 1. The van der Waals surface area contributed by atoms with Crippen LogP contribution in [0, 0.1) is 5.92 Å². The van der Waals surface area contributed by atoms with E-state index in [-0.39, 0.29) is 23.9 Å². The molecule has 3 rings (SSSR count). The number of aliphatic hydroxyl groups is 1. The monoisotopic (exact) mass is 446 g/mol. The summed E-state index contributed by atoms with van der Waals surface area (Å²) in [5.74, 6) is -0.259. The normalized spacial score (nSPS) is 21.2. The van der Waals surface area contributed by atoms with E-state index in [4.69, 9.17) is 0 Å². The van der Waals surface area contributed by atoms with Crippen LogP contribution in [0.3, 0.4) is 0 Å². The Labute approximate surface area is 190 Å². The maximum Gasteiger partial charge on any atom is 0.261 e. The fraction of sp³-hybridized carbons (Fsp3) is 0.708. The predicted molar refractivity (Wildman–Crippen MR) is 123 cm³/mol. The van der Waals surface area contributed by atoms with Crippen molar-refractivity contribution >= 4 is 11.8 Å². The average molecular weight is 447 g/mol. The van der Waals surface area contributed by atoms with Crippen molar-refractivity contribution in [1.29, 1.82) is 0 Å². The van der Waals surface area contributed by atoms with E-state index < -0.39 is 17.1 Å². The van der Waals surface area contributed by atoms with Gasteiger partial charge in [0.15, 0.2) is 0 Å². The van der Waals surface area contributed by atoms with Crippen LogP contribution in [0.15, 0.2) is 16.9 Å². The van der Waals surface area contributed by atoms with E-state index in [2.05, 4.69) is 15.2 Å². The van der Waals surface area contributed by atoms with Crippen LogP contribution in [0.5, 0.6) is 0 Å². The molecule has 1 saturated carbocycles. The molecule has 1 atom stereocenters. The third kappa shape index (κ3) is 6.19. The topological polar surface area (TPSA) is 106 Å². The van der Waals surface area contributed by atoms with Crippen LogP contribution in [0.2, 0.25) is 0 Å². The van der Waals surface area contributed by atoms with Crippen LogP contribution >= 0.6 is 0 Å². The molecular weight excluding hydrogens is 408 g/mol. The summed E-state index contributed by atoms with van der Waals surface area (Å²) in [7, 11) is 0. The molecule has 0 spiro atoms. The Morgan fingerprint density at radius 3 is 2.56 bits per heavy atom. The molecule has 1 saturated heterocycles. The van der Waals surface area contributed by atoms with Crippen LogP contribution in [0.1, 0.15) is 74.8 Å². The van der Waals surface area contributed by atoms with Crippen LogP contribution in [-0.2, 0) is 11.3 Å². The predicted octanol–water partition coefficient (Wildman–Crippen LogP) is 1.88. The molecule has 178 valence electrons. The Balaban J connectivity index is 1.57. The first-order valence-electron chi connectivity index (χ1n) is 12.1. The first-order chi connectivity index (χ1) is 15.3. The number of pyridine rings is 1. The molecule has 8 heteroatoms. The van der Waals surface area contributed by atoms with Gasteiger partial charge >= 0.3 is 0 Å². The van der Waals surface area contributed by atoms with E-state index in [1.54, 1.807) is 12.1 Å². The molecule has 3 N–H and O–H groups in total. The van der Waals surface area contributed by atoms with Crippen LogP contribution in [-0.4, -0.2) is 70.0 Å². The van der Waals surface area contributed by atoms with Crippen LogP contribution in [0.4, 0.5) is 0 Å². The zero-order chi connectivity index (χ0) is 23.1. The second kappa shape index (κ2) is 11.1. The number of rotatable bonds is 8. The van der Waals surface area contributed by atoms with Gasteiger partial charge in [0.05, 0.1) is 11.5 Å². The molecule has 2 amide bonds. The molecular formula is C24H38N4O4. The first-order valence-corrected chi connectivity index (χ1v) is 12.1. The molecule has 0 radical (unpaired) electrons. The van der Waals surface area contributed by atoms with Gasteiger partial charge in [-0.05, 0) is 58.2 Å². The highest BCUT2D eigenvalue weighted by Crippen LogP contribution is 2.27. The maximum absolute atomic E-state index is 12.7. The zero-order valence-corrected chi connectivity index (χ0v) is 19.5. The lowest BCUT2D eigenvalue weighted by Crippen LogP contribution is -2.45. The van der Waals surface area contributed by atoms with Crippen molar-refractivity contribution < 1.29 is 14.7 Å². The summed E-state index contributed by atoms with van der Waals surface area (Å²) in [4.78, 5) is 44.6. The molecule has 0 aromatic carbocycles. The van der Waals surface area contributed by atoms with E-state index in [0.29, 0.717) is 25.9 Å². The molecule has 8 nitrogen and oxygen atoms in total. The number of likely N-dealkylation sites (tertiary alicyclic amines) is 1. The van der Waals surface area contributed by atoms with E-state index >= 15 is 0 Å². The Kier molecular flexibility index (Phi) is 8.48. The lowest BCUT2D eigenvalue weighted by Gasteiger charge is -2.34. The quantitative estimate of drug-likeness (QED) is 0.565. The van der Waals surface area contributed by atoms with Crippen molar-refractivity contribution in [1.82, 2.24) is 20.1 Å². The van der Waals surface area contributed by atoms with Crippen molar-refractivity contribution in [2.75, 3.05) is 32.7 Å². The molecule has 0 bridgehead atoms. The smallest absolute Gasteiger partial charge is 0.261 e. The summed E-state index contributed by atoms with van der Waals surface area (Å²) in [6.45, 7) is 7.71. The van der Waals surface area contributed by atoms with Gasteiger partial charge in [0, 0.05) is 38.4 Å². The molecule has 2 fully saturated rings. The zero-order valence-electron chi connectivity index (χ0n) is 19.5. The largest absolute Gasteiger partial charge is 0.388 e. The summed E-state index contributed by atoms with van der Waals surface area (Å²) in [5.41, 5.74) is -0.508. The lowest BCUT2D eigenvalue weighted by molar-refractivity contribution is -0.137. The van der Waals surface area contributed by atoms with Crippen molar-refractivity contribution in [3.05, 3.63) is 33.7 Å². The SMILES string of the molecule is CCN(CC)C(=O)[C@@H]1CCCN(Cc2ccc(C(=O)NCC3(O)CCCCC3)c(=O)[nH]2)C1. The van der Waals surface area contributed by atoms with Gasteiger partial charge in [-0.25, -0.2) is 0 Å². The van der Waals surface area contributed by atoms with Crippen molar-refractivity contribution in [3.63, 3.8) is 0 Å². The van der Waals surface area contributed by atoms with Gasteiger partial charge in [-0.3, -0.25) is 19.3 Å². The lowest BCUT2D eigenvalue weighted by atomic mass is 9.85. The highest BCUT2D eigenvalue weighted by atomic mass is 16.3. The Morgan fingerprint density at radius 2 is 1.91 bits per heavy atom. The number of carbonyl (C=O) groups is 2. The second-order valence-electron chi connectivity index (χ2n) is 9.28. The van der Waals surface area contributed by atoms with Crippen LogP contribution in [0.25, 0.3) is 0 Å². The number of piperidine rings is 1. The number of H-pyrrole nitrogens is 1. The van der Waals surface area contributed by atoms with Crippen molar-refractivity contribution in [2.45, 2.75) is 70.9 Å². The van der Waals surface area contributed by atoms with E-state index in [1.165, 1.54) is 0 Å². The molecule has 1 aromatic heterocycles. The van der Waals surface area contributed by atoms with Gasteiger partial charge < -0.3 is 20.3 Å². The Morgan fingerprint density at radius 1 is 1.19 bits per heavy atom. The Bertz CT molecular complexity index is 843. The molecule has 0 unspecified atom stereocenters. The minimum Gasteiger partial charge on any atom is -0.388 e. The van der Waals surface area contributed by atoms with E-state index in [9.17, 15) is 19.5 Å². The van der Waals surface area contributed by atoms with E-state index in [1.807, 2.05) is 18.7 Å². The van der Waals surface area contributed by atoms with Gasteiger partial charge in [-0.15, -0.1) is 0 Å². The molecule has 2 aliphatic rings. The minimum atomic E-state index is -0.867.